The predicted octanol–water partition coefficient (Wildman–Crippen LogP) is 0.533. The van der Waals surface area contributed by atoms with Crippen molar-refractivity contribution in [2.75, 3.05) is 11.6 Å². The summed E-state index contributed by atoms with van der Waals surface area (Å²) in [7, 11) is 1.51. The molecule has 1 N–H and O–H groups in total. The number of carbonyl (C=O) groups excluding carboxylic acids is 1. The average Bonchev–Trinajstić information content (AvgIpc) is 2.93. The molecule has 0 aliphatic carbocycles. The van der Waals surface area contributed by atoms with Gasteiger partial charge in [-0.15, -0.1) is 11.8 Å². The van der Waals surface area contributed by atoms with Gasteiger partial charge < -0.3 is 14.6 Å². The summed E-state index contributed by atoms with van der Waals surface area (Å²) in [6, 6.07) is 0.274. The van der Waals surface area contributed by atoms with Crippen LogP contribution in [0.1, 0.15) is 10.5 Å². The van der Waals surface area contributed by atoms with E-state index in [0.717, 1.165) is 6.07 Å². The second-order valence-electron chi connectivity index (χ2n) is 4.08. The van der Waals surface area contributed by atoms with E-state index in [2.05, 4.69) is 0 Å². The fraction of sp³-hybridized carbons (Fsp3) is 0.400. The molecule has 1 saturated heterocycles. The van der Waals surface area contributed by atoms with E-state index in [9.17, 15) is 19.7 Å². The smallest absolute Gasteiger partial charge is 0.327 e. The van der Waals surface area contributed by atoms with Gasteiger partial charge in [0.15, 0.2) is 0 Å². The Bertz CT molecular complexity index is 555. The molecule has 1 aromatic rings. The van der Waals surface area contributed by atoms with Crippen LogP contribution >= 0.6 is 11.8 Å². The van der Waals surface area contributed by atoms with Crippen molar-refractivity contribution in [3.8, 4) is 0 Å². The predicted molar refractivity (Wildman–Crippen MR) is 67.0 cm³/mol. The standard InChI is InChI=1S/C10H11N3O5S/c1-11-3-6(13(17)18)2-7(11)9(14)12-5-19-4-8(12)10(15)16/h2-3,8H,4-5H2,1H3,(H,15,16). The molecule has 9 heteroatoms. The Morgan fingerprint density at radius 3 is 2.79 bits per heavy atom. The van der Waals surface area contributed by atoms with E-state index in [1.165, 1.54) is 34.5 Å². The Hall–Kier alpha value is -2.03. The quantitative estimate of drug-likeness (QED) is 0.641. The van der Waals surface area contributed by atoms with Gasteiger partial charge in [0, 0.05) is 18.9 Å². The van der Waals surface area contributed by atoms with Crippen molar-refractivity contribution >= 4 is 29.3 Å². The summed E-state index contributed by atoms with van der Waals surface area (Å²) in [5.74, 6) is -0.974. The number of aromatic nitrogens is 1. The van der Waals surface area contributed by atoms with Gasteiger partial charge in [0.2, 0.25) is 0 Å². The Kier molecular flexibility index (Phi) is 3.47. The molecule has 0 spiro atoms. The molecule has 8 nitrogen and oxygen atoms in total. The van der Waals surface area contributed by atoms with Crippen molar-refractivity contribution in [2.24, 2.45) is 7.05 Å². The minimum absolute atomic E-state index is 0.112. The number of carboxylic acid groups (broad SMARTS) is 1. The SMILES string of the molecule is Cn1cc([N+](=O)[O-])cc1C(=O)N1CSCC1C(=O)O. The number of carbonyl (C=O) groups is 2. The maximum atomic E-state index is 12.2. The van der Waals surface area contributed by atoms with Crippen LogP contribution in [0.2, 0.25) is 0 Å². The van der Waals surface area contributed by atoms with Crippen molar-refractivity contribution in [1.82, 2.24) is 9.47 Å². The van der Waals surface area contributed by atoms with Gasteiger partial charge >= 0.3 is 5.97 Å². The van der Waals surface area contributed by atoms with Crippen LogP contribution in [-0.4, -0.2) is 49.0 Å². The lowest BCUT2D eigenvalue weighted by atomic mass is 10.2. The normalized spacial score (nSPS) is 18.6. The highest BCUT2D eigenvalue weighted by Gasteiger charge is 2.36. The van der Waals surface area contributed by atoms with Gasteiger partial charge in [0.1, 0.15) is 11.7 Å². The molecule has 0 aromatic carbocycles. The van der Waals surface area contributed by atoms with Gasteiger partial charge in [-0.3, -0.25) is 14.9 Å². The van der Waals surface area contributed by atoms with Crippen molar-refractivity contribution < 1.29 is 19.6 Å². The minimum atomic E-state index is -1.07. The first-order valence-corrected chi connectivity index (χ1v) is 6.49. The monoisotopic (exact) mass is 285 g/mol. The number of hydrogen-bond donors (Lipinski definition) is 1. The second kappa shape index (κ2) is 4.92. The van der Waals surface area contributed by atoms with Gasteiger partial charge in [0.05, 0.1) is 17.0 Å². The van der Waals surface area contributed by atoms with Gasteiger partial charge in [-0.1, -0.05) is 0 Å². The van der Waals surface area contributed by atoms with Crippen LogP contribution in [0, 0.1) is 10.1 Å². The zero-order valence-corrected chi connectivity index (χ0v) is 10.8. The summed E-state index contributed by atoms with van der Waals surface area (Å²) >= 11 is 1.34. The van der Waals surface area contributed by atoms with Crippen LogP contribution < -0.4 is 0 Å². The highest BCUT2D eigenvalue weighted by Crippen LogP contribution is 2.25. The van der Waals surface area contributed by atoms with E-state index in [1.807, 2.05) is 0 Å². The lowest BCUT2D eigenvalue weighted by molar-refractivity contribution is -0.384. The van der Waals surface area contributed by atoms with Crippen molar-refractivity contribution in [3.63, 3.8) is 0 Å². The summed E-state index contributed by atoms with van der Waals surface area (Å²) in [5.41, 5.74) is -0.0787. The van der Waals surface area contributed by atoms with Gasteiger partial charge in [-0.05, 0) is 0 Å². The molecular formula is C10H11N3O5S. The number of amides is 1. The maximum Gasteiger partial charge on any atom is 0.327 e. The van der Waals surface area contributed by atoms with Crippen molar-refractivity contribution in [2.45, 2.75) is 6.04 Å². The third-order valence-corrected chi connectivity index (χ3v) is 3.86. The summed E-state index contributed by atoms with van der Waals surface area (Å²) in [5, 5.41) is 19.7. The number of nitro groups is 1. The molecule has 1 aromatic heterocycles. The topological polar surface area (TPSA) is 106 Å². The summed E-state index contributed by atoms with van der Waals surface area (Å²) in [4.78, 5) is 34.5. The van der Waals surface area contributed by atoms with E-state index in [-0.39, 0.29) is 17.3 Å². The Morgan fingerprint density at radius 1 is 1.58 bits per heavy atom. The zero-order chi connectivity index (χ0) is 14.2. The van der Waals surface area contributed by atoms with E-state index in [0.29, 0.717) is 5.75 Å². The van der Waals surface area contributed by atoms with Crippen LogP contribution in [0.3, 0.4) is 0 Å². The fourth-order valence-electron chi connectivity index (χ4n) is 1.85. The number of thioether (sulfide) groups is 1. The molecule has 1 aliphatic heterocycles. The molecule has 0 saturated carbocycles. The highest BCUT2D eigenvalue weighted by molar-refractivity contribution is 7.99. The van der Waals surface area contributed by atoms with E-state index in [1.54, 1.807) is 0 Å². The molecule has 1 atom stereocenters. The summed E-state index contributed by atoms with van der Waals surface area (Å²) < 4.78 is 1.34. The van der Waals surface area contributed by atoms with E-state index in [4.69, 9.17) is 5.11 Å². The molecule has 19 heavy (non-hydrogen) atoms. The third kappa shape index (κ3) is 2.41. The second-order valence-corrected chi connectivity index (χ2v) is 5.08. The Morgan fingerprint density at radius 2 is 2.26 bits per heavy atom. The summed E-state index contributed by atoms with van der Waals surface area (Å²) in [6.45, 7) is 0. The molecule has 2 rings (SSSR count). The Labute approximate surface area is 112 Å². The van der Waals surface area contributed by atoms with Crippen LogP contribution in [0.15, 0.2) is 12.3 Å². The number of carboxylic acids is 1. The molecule has 1 fully saturated rings. The molecule has 0 radical (unpaired) electrons. The lowest BCUT2D eigenvalue weighted by Crippen LogP contribution is -2.42. The lowest BCUT2D eigenvalue weighted by Gasteiger charge is -2.20. The van der Waals surface area contributed by atoms with Crippen molar-refractivity contribution in [3.05, 3.63) is 28.1 Å². The van der Waals surface area contributed by atoms with Gasteiger partial charge in [-0.2, -0.15) is 0 Å². The molecule has 0 bridgehead atoms. The van der Waals surface area contributed by atoms with Crippen LogP contribution in [-0.2, 0) is 11.8 Å². The number of aryl methyl sites for hydroxylation is 1. The number of rotatable bonds is 3. The first kappa shape index (κ1) is 13.4. The van der Waals surface area contributed by atoms with Crippen LogP contribution in [0.5, 0.6) is 0 Å². The van der Waals surface area contributed by atoms with Crippen LogP contribution in [0.4, 0.5) is 5.69 Å². The van der Waals surface area contributed by atoms with Gasteiger partial charge in [-0.25, -0.2) is 4.79 Å². The number of nitrogens with zero attached hydrogens (tertiary/aromatic N) is 3. The number of aliphatic carboxylic acids is 1. The molecular weight excluding hydrogens is 274 g/mol. The van der Waals surface area contributed by atoms with E-state index < -0.39 is 22.8 Å². The minimum Gasteiger partial charge on any atom is -0.480 e. The Balaban J connectivity index is 2.29. The zero-order valence-electron chi connectivity index (χ0n) is 9.98. The first-order chi connectivity index (χ1) is 8.91. The van der Waals surface area contributed by atoms with Crippen LogP contribution in [0.25, 0.3) is 0 Å². The molecule has 102 valence electrons. The molecule has 2 heterocycles. The molecule has 1 amide bonds. The number of hydrogen-bond acceptors (Lipinski definition) is 5. The summed E-state index contributed by atoms with van der Waals surface area (Å²) in [6.07, 6.45) is 1.23. The third-order valence-electron chi connectivity index (χ3n) is 2.85. The molecule has 1 aliphatic rings. The first-order valence-electron chi connectivity index (χ1n) is 5.34. The maximum absolute atomic E-state index is 12.2. The van der Waals surface area contributed by atoms with Gasteiger partial charge in [0.25, 0.3) is 11.6 Å². The molecule has 1 unspecified atom stereocenters. The van der Waals surface area contributed by atoms with E-state index >= 15 is 0 Å². The van der Waals surface area contributed by atoms with Crippen molar-refractivity contribution in [1.29, 1.82) is 0 Å². The largest absolute Gasteiger partial charge is 0.480 e. The highest BCUT2D eigenvalue weighted by atomic mass is 32.2. The fourth-order valence-corrected chi connectivity index (χ4v) is 3.00. The average molecular weight is 285 g/mol.